The Morgan fingerprint density at radius 1 is 0.857 bits per heavy atom. The number of Topliss-reactive ketones (excluding diaryl/α,β-unsaturated/α-hetero) is 1. The molecule has 1 amide bonds. The number of aliphatic hydroxyl groups is 1. The van der Waals surface area contributed by atoms with Crippen molar-refractivity contribution in [2.45, 2.75) is 38.6 Å². The van der Waals surface area contributed by atoms with Gasteiger partial charge in [-0.05, 0) is 34.2 Å². The van der Waals surface area contributed by atoms with Crippen LogP contribution in [0.15, 0.2) is 84.4 Å². The van der Waals surface area contributed by atoms with E-state index >= 15 is 0 Å². The van der Waals surface area contributed by atoms with Gasteiger partial charge in [0, 0.05) is 11.3 Å². The van der Waals surface area contributed by atoms with E-state index in [1.54, 1.807) is 54.6 Å². The van der Waals surface area contributed by atoms with Crippen LogP contribution >= 0.6 is 0 Å². The van der Waals surface area contributed by atoms with Gasteiger partial charge >= 0.3 is 5.97 Å². The summed E-state index contributed by atoms with van der Waals surface area (Å²) in [6.07, 6.45) is -0.148. The zero-order valence-corrected chi connectivity index (χ0v) is 19.9. The predicted molar refractivity (Wildman–Crippen MR) is 134 cm³/mol. The van der Waals surface area contributed by atoms with Gasteiger partial charge in [-0.3, -0.25) is 19.3 Å². The van der Waals surface area contributed by atoms with Crippen LogP contribution in [0.25, 0.3) is 5.76 Å². The Labute approximate surface area is 204 Å². The summed E-state index contributed by atoms with van der Waals surface area (Å²) >= 11 is 0. The molecule has 1 atom stereocenters. The molecule has 3 aromatic rings. The van der Waals surface area contributed by atoms with Crippen molar-refractivity contribution in [1.82, 2.24) is 0 Å². The highest BCUT2D eigenvalue weighted by molar-refractivity contribution is 6.51. The van der Waals surface area contributed by atoms with Crippen molar-refractivity contribution in [3.8, 4) is 0 Å². The highest BCUT2D eigenvalue weighted by Crippen LogP contribution is 2.42. The minimum Gasteiger partial charge on any atom is -0.507 e. The van der Waals surface area contributed by atoms with Gasteiger partial charge in [-0.2, -0.15) is 0 Å². The molecular weight excluding hydrogens is 442 g/mol. The SMILES string of the molecule is CC(C)(C)c1ccc(C2/C(=C(/O)c3ccccc3)C(=O)C(=O)N2c2ccc(CC(=O)O)cc2)cc1. The summed E-state index contributed by atoms with van der Waals surface area (Å²) in [5, 5.41) is 20.2. The van der Waals surface area contributed by atoms with Gasteiger partial charge in [-0.25, -0.2) is 0 Å². The number of aliphatic carboxylic acids is 1. The molecule has 1 unspecified atom stereocenters. The first-order chi connectivity index (χ1) is 16.6. The van der Waals surface area contributed by atoms with Crippen LogP contribution in [0.5, 0.6) is 0 Å². The summed E-state index contributed by atoms with van der Waals surface area (Å²) in [7, 11) is 0. The normalized spacial score (nSPS) is 17.6. The molecule has 0 bridgehead atoms. The third-order valence-electron chi connectivity index (χ3n) is 6.15. The lowest BCUT2D eigenvalue weighted by Gasteiger charge is -2.26. The lowest BCUT2D eigenvalue weighted by Crippen LogP contribution is -2.29. The first kappa shape index (κ1) is 24.0. The summed E-state index contributed by atoms with van der Waals surface area (Å²) in [4.78, 5) is 38.9. The fraction of sp³-hybridized carbons (Fsp3) is 0.207. The Morgan fingerprint density at radius 3 is 2.00 bits per heavy atom. The Bertz CT molecular complexity index is 1300. The average Bonchev–Trinajstić information content (AvgIpc) is 3.09. The summed E-state index contributed by atoms with van der Waals surface area (Å²) < 4.78 is 0. The van der Waals surface area contributed by atoms with Gasteiger partial charge in [0.25, 0.3) is 11.7 Å². The molecule has 0 aromatic heterocycles. The predicted octanol–water partition coefficient (Wildman–Crippen LogP) is 5.24. The van der Waals surface area contributed by atoms with Gasteiger partial charge in [-0.1, -0.05) is 87.5 Å². The molecule has 1 heterocycles. The van der Waals surface area contributed by atoms with E-state index in [-0.39, 0.29) is 23.2 Å². The monoisotopic (exact) mass is 469 g/mol. The zero-order chi connectivity index (χ0) is 25.3. The number of carbonyl (C=O) groups is 3. The quantitative estimate of drug-likeness (QED) is 0.303. The van der Waals surface area contributed by atoms with E-state index in [2.05, 4.69) is 20.8 Å². The summed E-state index contributed by atoms with van der Waals surface area (Å²) in [6, 6.07) is 22.0. The largest absolute Gasteiger partial charge is 0.507 e. The van der Waals surface area contributed by atoms with Gasteiger partial charge in [0.15, 0.2) is 0 Å². The Morgan fingerprint density at radius 2 is 1.46 bits per heavy atom. The number of rotatable bonds is 5. The number of carboxylic acid groups (broad SMARTS) is 1. The molecule has 0 saturated carbocycles. The van der Waals surface area contributed by atoms with Gasteiger partial charge in [-0.15, -0.1) is 0 Å². The number of hydrogen-bond donors (Lipinski definition) is 2. The second-order valence-corrected chi connectivity index (χ2v) is 9.64. The average molecular weight is 470 g/mol. The third kappa shape index (κ3) is 4.73. The molecule has 178 valence electrons. The van der Waals surface area contributed by atoms with E-state index in [1.165, 1.54) is 4.90 Å². The third-order valence-corrected chi connectivity index (χ3v) is 6.15. The van der Waals surface area contributed by atoms with E-state index in [9.17, 15) is 19.5 Å². The van der Waals surface area contributed by atoms with E-state index < -0.39 is 23.7 Å². The number of benzene rings is 3. The fourth-order valence-electron chi connectivity index (χ4n) is 4.28. The van der Waals surface area contributed by atoms with Crippen LogP contribution in [0.2, 0.25) is 0 Å². The van der Waals surface area contributed by atoms with Crippen LogP contribution in [0.1, 0.15) is 49.1 Å². The minimum atomic E-state index is -0.958. The number of carboxylic acids is 1. The molecule has 1 fully saturated rings. The van der Waals surface area contributed by atoms with E-state index in [0.717, 1.165) is 5.56 Å². The lowest BCUT2D eigenvalue weighted by molar-refractivity contribution is -0.136. The van der Waals surface area contributed by atoms with Crippen molar-refractivity contribution >= 4 is 29.1 Å². The molecule has 4 rings (SSSR count). The number of hydrogen-bond acceptors (Lipinski definition) is 4. The Kier molecular flexibility index (Phi) is 6.31. The number of aliphatic hydroxyl groups excluding tert-OH is 1. The number of ketones is 1. The van der Waals surface area contributed by atoms with Crippen molar-refractivity contribution in [2.24, 2.45) is 0 Å². The topological polar surface area (TPSA) is 94.9 Å². The van der Waals surface area contributed by atoms with Gasteiger partial charge in [0.1, 0.15) is 5.76 Å². The van der Waals surface area contributed by atoms with Gasteiger partial charge in [0.2, 0.25) is 0 Å². The highest BCUT2D eigenvalue weighted by atomic mass is 16.4. The van der Waals surface area contributed by atoms with E-state index in [4.69, 9.17) is 5.11 Å². The maximum atomic E-state index is 13.3. The molecule has 0 spiro atoms. The zero-order valence-electron chi connectivity index (χ0n) is 19.9. The fourth-order valence-corrected chi connectivity index (χ4v) is 4.28. The maximum absolute atomic E-state index is 13.3. The first-order valence-corrected chi connectivity index (χ1v) is 11.4. The molecule has 3 aromatic carbocycles. The Hall–Kier alpha value is -4.19. The molecule has 0 aliphatic carbocycles. The van der Waals surface area contributed by atoms with Crippen molar-refractivity contribution in [3.05, 3.63) is 107 Å². The highest BCUT2D eigenvalue weighted by Gasteiger charge is 2.47. The van der Waals surface area contributed by atoms with E-state index in [0.29, 0.717) is 22.4 Å². The van der Waals surface area contributed by atoms with Gasteiger partial charge in [0.05, 0.1) is 18.0 Å². The van der Waals surface area contributed by atoms with Crippen LogP contribution in [0.3, 0.4) is 0 Å². The van der Waals surface area contributed by atoms with Crippen LogP contribution in [0, 0.1) is 0 Å². The molecule has 6 heteroatoms. The molecule has 35 heavy (non-hydrogen) atoms. The Balaban J connectivity index is 1.87. The number of amides is 1. The summed E-state index contributed by atoms with van der Waals surface area (Å²) in [5.74, 6) is -2.72. The van der Waals surface area contributed by atoms with E-state index in [1.807, 2.05) is 24.3 Å². The number of nitrogens with zero attached hydrogens (tertiary/aromatic N) is 1. The summed E-state index contributed by atoms with van der Waals surface area (Å²) in [5.41, 5.74) is 3.18. The number of carbonyl (C=O) groups excluding carboxylic acids is 2. The molecule has 1 aliphatic heterocycles. The first-order valence-electron chi connectivity index (χ1n) is 11.4. The van der Waals surface area contributed by atoms with Crippen LogP contribution in [0.4, 0.5) is 5.69 Å². The number of anilines is 1. The standard InChI is InChI=1S/C29H27NO5/c1-29(2,3)21-13-11-19(12-14-21)25-24(26(33)20-7-5-4-6-8-20)27(34)28(35)30(25)22-15-9-18(10-16-22)17-23(31)32/h4-16,25,33H,17H2,1-3H3,(H,31,32)/b26-24-. The van der Waals surface area contributed by atoms with Crippen molar-refractivity contribution < 1.29 is 24.6 Å². The van der Waals surface area contributed by atoms with Crippen LogP contribution in [-0.2, 0) is 26.2 Å². The molecule has 1 aliphatic rings. The molecule has 6 nitrogen and oxygen atoms in total. The van der Waals surface area contributed by atoms with Crippen molar-refractivity contribution in [2.75, 3.05) is 4.90 Å². The minimum absolute atomic E-state index is 0.0133. The maximum Gasteiger partial charge on any atom is 0.307 e. The van der Waals surface area contributed by atoms with Crippen molar-refractivity contribution in [1.29, 1.82) is 0 Å². The second-order valence-electron chi connectivity index (χ2n) is 9.64. The van der Waals surface area contributed by atoms with Gasteiger partial charge < -0.3 is 10.2 Å². The van der Waals surface area contributed by atoms with Crippen LogP contribution < -0.4 is 4.90 Å². The second kappa shape index (κ2) is 9.22. The molecule has 0 radical (unpaired) electrons. The van der Waals surface area contributed by atoms with Crippen molar-refractivity contribution in [3.63, 3.8) is 0 Å². The summed E-state index contributed by atoms with van der Waals surface area (Å²) in [6.45, 7) is 6.30. The smallest absolute Gasteiger partial charge is 0.307 e. The van der Waals surface area contributed by atoms with Crippen LogP contribution in [-0.4, -0.2) is 27.9 Å². The molecule has 1 saturated heterocycles. The lowest BCUT2D eigenvalue weighted by atomic mass is 9.85. The molecule has 2 N–H and O–H groups in total. The molecular formula is C29H27NO5.